The number of nitrogens with two attached hydrogens (primary N) is 1. The van der Waals surface area contributed by atoms with Crippen LogP contribution in [0.15, 0.2) is 60.2 Å². The third kappa shape index (κ3) is 4.16. The van der Waals surface area contributed by atoms with Crippen LogP contribution in [-0.2, 0) is 17.9 Å². The van der Waals surface area contributed by atoms with Gasteiger partial charge in [-0.3, -0.25) is 14.3 Å². The number of rotatable bonds is 6. The molecule has 0 saturated carbocycles. The number of carbonyl (C=O) groups is 1. The van der Waals surface area contributed by atoms with E-state index in [0.29, 0.717) is 41.9 Å². The van der Waals surface area contributed by atoms with Gasteiger partial charge in [-0.2, -0.15) is 0 Å². The summed E-state index contributed by atoms with van der Waals surface area (Å²) in [5.41, 5.74) is 6.42. The zero-order valence-electron chi connectivity index (χ0n) is 17.4. The molecule has 3 aromatic rings. The van der Waals surface area contributed by atoms with Gasteiger partial charge in [0.25, 0.3) is 11.5 Å². The second-order valence-corrected chi connectivity index (χ2v) is 7.01. The molecular weight excluding hydrogens is 412 g/mol. The fraction of sp³-hybridized carbons (Fsp3) is 0.182. The van der Waals surface area contributed by atoms with Crippen LogP contribution in [0.3, 0.4) is 0 Å². The van der Waals surface area contributed by atoms with E-state index in [4.69, 9.17) is 15.2 Å². The van der Waals surface area contributed by atoms with Crippen molar-refractivity contribution < 1.29 is 14.3 Å². The fourth-order valence-corrected chi connectivity index (χ4v) is 3.43. The molecule has 0 fully saturated rings. The van der Waals surface area contributed by atoms with Crippen molar-refractivity contribution >= 4 is 23.2 Å². The van der Waals surface area contributed by atoms with Crippen LogP contribution >= 0.6 is 0 Å². The molecule has 0 aromatic carbocycles. The molecule has 0 spiro atoms. The number of nitrogens with one attached hydrogen (secondary N) is 1. The van der Waals surface area contributed by atoms with E-state index in [1.165, 1.54) is 17.1 Å². The highest BCUT2D eigenvalue weighted by Crippen LogP contribution is 2.23. The van der Waals surface area contributed by atoms with Crippen molar-refractivity contribution in [3.8, 4) is 11.5 Å². The molecule has 4 heterocycles. The van der Waals surface area contributed by atoms with E-state index < -0.39 is 11.5 Å². The summed E-state index contributed by atoms with van der Waals surface area (Å²) in [6.07, 6.45) is 6.30. The zero-order chi connectivity index (χ0) is 22.7. The Morgan fingerprint density at radius 3 is 2.88 bits per heavy atom. The molecule has 164 valence electrons. The number of carbonyl (C=O) groups excluding carboxylic acids is 1. The summed E-state index contributed by atoms with van der Waals surface area (Å²) in [7, 11) is 0. The van der Waals surface area contributed by atoms with Crippen LogP contribution in [0.5, 0.6) is 11.5 Å². The molecule has 0 unspecified atom stereocenters. The largest absolute Gasteiger partial charge is 0.456 e. The number of fused-ring (bicyclic) bond motifs is 1. The SMILES string of the molecule is C=C/C=C(\C)n1c(=O)c(C(=O)Nc2ccc(Oc3ccnc(N)c3)cn2)c2n1CCOC2. The van der Waals surface area contributed by atoms with E-state index in [0.717, 1.165) is 0 Å². The molecule has 0 saturated heterocycles. The van der Waals surface area contributed by atoms with Gasteiger partial charge in [-0.25, -0.2) is 14.6 Å². The number of anilines is 2. The molecule has 1 amide bonds. The number of pyridine rings is 2. The summed E-state index contributed by atoms with van der Waals surface area (Å²) < 4.78 is 14.4. The minimum Gasteiger partial charge on any atom is -0.456 e. The predicted octanol–water partition coefficient (Wildman–Crippen LogP) is 2.64. The number of allylic oxidation sites excluding steroid dienone is 3. The van der Waals surface area contributed by atoms with Gasteiger partial charge >= 0.3 is 0 Å². The quantitative estimate of drug-likeness (QED) is 0.571. The lowest BCUT2D eigenvalue weighted by molar-refractivity contribution is 0.0758. The minimum absolute atomic E-state index is 0.0240. The Bertz CT molecular complexity index is 1260. The van der Waals surface area contributed by atoms with Gasteiger partial charge in [0.1, 0.15) is 28.7 Å². The van der Waals surface area contributed by atoms with Gasteiger partial charge in [0.2, 0.25) is 0 Å². The van der Waals surface area contributed by atoms with Crippen molar-refractivity contribution in [1.29, 1.82) is 0 Å². The van der Waals surface area contributed by atoms with E-state index in [2.05, 4.69) is 21.9 Å². The van der Waals surface area contributed by atoms with Crippen molar-refractivity contribution in [2.24, 2.45) is 0 Å². The first-order valence-corrected chi connectivity index (χ1v) is 9.87. The lowest BCUT2D eigenvalue weighted by Gasteiger charge is -2.19. The number of nitrogens with zero attached hydrogens (tertiary/aromatic N) is 4. The predicted molar refractivity (Wildman–Crippen MR) is 119 cm³/mol. The Balaban J connectivity index is 1.57. The van der Waals surface area contributed by atoms with E-state index in [1.807, 2.05) is 0 Å². The van der Waals surface area contributed by atoms with Gasteiger partial charge in [0.05, 0.1) is 31.6 Å². The first kappa shape index (κ1) is 21.1. The molecule has 10 heteroatoms. The van der Waals surface area contributed by atoms with Crippen LogP contribution in [-0.4, -0.2) is 31.8 Å². The number of nitrogen functional groups attached to an aromatic ring is 1. The van der Waals surface area contributed by atoms with Crippen LogP contribution in [0, 0.1) is 0 Å². The summed E-state index contributed by atoms with van der Waals surface area (Å²) in [6, 6.07) is 6.48. The van der Waals surface area contributed by atoms with Crippen molar-refractivity contribution in [1.82, 2.24) is 19.3 Å². The van der Waals surface area contributed by atoms with Gasteiger partial charge in [0.15, 0.2) is 0 Å². The highest BCUT2D eigenvalue weighted by atomic mass is 16.5. The number of aromatic nitrogens is 4. The Kier molecular flexibility index (Phi) is 5.86. The Morgan fingerprint density at radius 1 is 1.31 bits per heavy atom. The fourth-order valence-electron chi connectivity index (χ4n) is 3.43. The van der Waals surface area contributed by atoms with Crippen molar-refractivity contribution in [2.75, 3.05) is 17.7 Å². The van der Waals surface area contributed by atoms with E-state index >= 15 is 0 Å². The molecule has 3 N–H and O–H groups in total. The smallest absolute Gasteiger partial charge is 0.284 e. The molecule has 3 aromatic heterocycles. The normalized spacial score (nSPS) is 13.3. The van der Waals surface area contributed by atoms with Gasteiger partial charge in [-0.15, -0.1) is 0 Å². The lowest BCUT2D eigenvalue weighted by atomic mass is 10.2. The molecule has 4 rings (SSSR count). The molecule has 32 heavy (non-hydrogen) atoms. The first-order chi connectivity index (χ1) is 15.5. The highest BCUT2D eigenvalue weighted by Gasteiger charge is 2.28. The Labute approximate surface area is 183 Å². The van der Waals surface area contributed by atoms with Crippen LogP contribution in [0.25, 0.3) is 5.70 Å². The molecule has 0 atom stereocenters. The number of hydrogen-bond donors (Lipinski definition) is 2. The van der Waals surface area contributed by atoms with Gasteiger partial charge < -0.3 is 20.5 Å². The Morgan fingerprint density at radius 2 is 2.16 bits per heavy atom. The molecule has 10 nitrogen and oxygen atoms in total. The third-order valence-corrected chi connectivity index (χ3v) is 4.82. The topological polar surface area (TPSA) is 126 Å². The lowest BCUT2D eigenvalue weighted by Crippen LogP contribution is -2.27. The van der Waals surface area contributed by atoms with Crippen molar-refractivity contribution in [3.05, 3.63) is 77.0 Å². The van der Waals surface area contributed by atoms with Crippen LogP contribution in [0.2, 0.25) is 0 Å². The molecular formula is C22H22N6O4. The molecule has 1 aliphatic rings. The van der Waals surface area contributed by atoms with E-state index in [-0.39, 0.29) is 18.0 Å². The maximum atomic E-state index is 13.1. The van der Waals surface area contributed by atoms with Gasteiger partial charge in [-0.1, -0.05) is 12.7 Å². The summed E-state index contributed by atoms with van der Waals surface area (Å²) in [6.45, 7) is 6.54. The first-order valence-electron chi connectivity index (χ1n) is 9.87. The molecule has 0 bridgehead atoms. The summed E-state index contributed by atoms with van der Waals surface area (Å²) in [5.74, 6) is 1.02. The average Bonchev–Trinajstić information content (AvgIpc) is 3.07. The van der Waals surface area contributed by atoms with Gasteiger partial charge in [-0.05, 0) is 31.2 Å². The summed E-state index contributed by atoms with van der Waals surface area (Å²) in [5, 5.41) is 2.68. The summed E-state index contributed by atoms with van der Waals surface area (Å²) in [4.78, 5) is 34.2. The van der Waals surface area contributed by atoms with Crippen LogP contribution in [0.4, 0.5) is 11.6 Å². The molecule has 1 aliphatic heterocycles. The van der Waals surface area contributed by atoms with E-state index in [1.54, 1.807) is 48.0 Å². The maximum absolute atomic E-state index is 13.1. The zero-order valence-corrected chi connectivity index (χ0v) is 17.4. The average molecular weight is 434 g/mol. The number of ether oxygens (including phenoxy) is 2. The number of hydrogen-bond acceptors (Lipinski definition) is 7. The van der Waals surface area contributed by atoms with Gasteiger partial charge in [0, 0.05) is 18.0 Å². The maximum Gasteiger partial charge on any atom is 0.284 e. The van der Waals surface area contributed by atoms with E-state index in [9.17, 15) is 9.59 Å². The second kappa shape index (κ2) is 8.90. The van der Waals surface area contributed by atoms with Crippen LogP contribution in [0.1, 0.15) is 23.0 Å². The van der Waals surface area contributed by atoms with Crippen molar-refractivity contribution in [2.45, 2.75) is 20.1 Å². The highest BCUT2D eigenvalue weighted by molar-refractivity contribution is 6.04. The van der Waals surface area contributed by atoms with Crippen molar-refractivity contribution in [3.63, 3.8) is 0 Å². The van der Waals surface area contributed by atoms with Crippen LogP contribution < -0.4 is 21.3 Å². The molecule has 0 radical (unpaired) electrons. The second-order valence-electron chi connectivity index (χ2n) is 7.01. The summed E-state index contributed by atoms with van der Waals surface area (Å²) >= 11 is 0. The minimum atomic E-state index is -0.558. The third-order valence-electron chi connectivity index (χ3n) is 4.82. The number of amides is 1. The monoisotopic (exact) mass is 434 g/mol. The standard InChI is InChI=1S/C22H22N6O4/c1-3-4-14(2)28-22(30)20(17-13-31-10-9-27(17)28)21(29)26-19-6-5-16(12-25-19)32-15-7-8-24-18(23)11-15/h3-8,11-12H,1,9-10,13H2,2H3,(H2,23,24)(H,25,26,29)/b14-4+. The molecule has 0 aliphatic carbocycles. The Hall–Kier alpha value is -4.18.